The Balaban J connectivity index is 2.10. The van der Waals surface area contributed by atoms with Crippen molar-refractivity contribution in [3.8, 4) is 0 Å². The van der Waals surface area contributed by atoms with Gasteiger partial charge in [-0.1, -0.05) is 11.6 Å². The van der Waals surface area contributed by atoms with Crippen molar-refractivity contribution in [1.82, 2.24) is 10.2 Å². The van der Waals surface area contributed by atoms with E-state index in [1.807, 2.05) is 43.3 Å². The molecule has 0 radical (unpaired) electrons. The Hall–Kier alpha value is -1.26. The van der Waals surface area contributed by atoms with Crippen LogP contribution >= 0.6 is 11.6 Å². The fourth-order valence-electron chi connectivity index (χ4n) is 2.19. The first kappa shape index (κ1) is 13.2. The lowest BCUT2D eigenvalue weighted by molar-refractivity contribution is 0.217. The standard InChI is InChI=1S/C13H18ClN3O/c1-15-8-7-12-9-17(13(18)16(12)2)11-5-3-10(14)4-6-11/h3-6,12,15H,7-9H2,1-2H3. The van der Waals surface area contributed by atoms with Gasteiger partial charge in [0.15, 0.2) is 0 Å². The molecule has 0 aliphatic carbocycles. The molecule has 1 saturated heterocycles. The average molecular weight is 268 g/mol. The summed E-state index contributed by atoms with van der Waals surface area (Å²) in [6, 6.07) is 7.71. The molecule has 1 aliphatic heterocycles. The molecule has 5 heteroatoms. The van der Waals surface area contributed by atoms with Gasteiger partial charge >= 0.3 is 6.03 Å². The third kappa shape index (κ3) is 2.60. The highest BCUT2D eigenvalue weighted by atomic mass is 35.5. The van der Waals surface area contributed by atoms with E-state index in [2.05, 4.69) is 5.32 Å². The lowest BCUT2D eigenvalue weighted by Crippen LogP contribution is -2.32. The van der Waals surface area contributed by atoms with Crippen LogP contribution in [0.1, 0.15) is 6.42 Å². The number of hydrogen-bond acceptors (Lipinski definition) is 2. The quantitative estimate of drug-likeness (QED) is 0.908. The fraction of sp³-hybridized carbons (Fsp3) is 0.462. The Morgan fingerprint density at radius 2 is 2.06 bits per heavy atom. The minimum absolute atomic E-state index is 0.0541. The van der Waals surface area contributed by atoms with Crippen LogP contribution in [0.5, 0.6) is 0 Å². The number of carbonyl (C=O) groups excluding carboxylic acids is 1. The monoisotopic (exact) mass is 267 g/mol. The molecule has 1 aromatic rings. The van der Waals surface area contributed by atoms with Gasteiger partial charge in [0.2, 0.25) is 0 Å². The molecule has 0 saturated carbocycles. The van der Waals surface area contributed by atoms with Crippen molar-refractivity contribution in [2.45, 2.75) is 12.5 Å². The number of urea groups is 1. The molecule has 2 rings (SSSR count). The molecule has 1 atom stereocenters. The van der Waals surface area contributed by atoms with Crippen LogP contribution in [0.3, 0.4) is 0 Å². The van der Waals surface area contributed by atoms with Gasteiger partial charge in [0.25, 0.3) is 0 Å². The second-order valence-corrected chi connectivity index (χ2v) is 4.96. The smallest absolute Gasteiger partial charge is 0.323 e. The van der Waals surface area contributed by atoms with Crippen molar-refractivity contribution >= 4 is 23.3 Å². The summed E-state index contributed by atoms with van der Waals surface area (Å²) >= 11 is 5.86. The molecule has 18 heavy (non-hydrogen) atoms. The molecule has 0 bridgehead atoms. The number of amides is 2. The highest BCUT2D eigenvalue weighted by Gasteiger charge is 2.34. The van der Waals surface area contributed by atoms with Crippen molar-refractivity contribution in [1.29, 1.82) is 0 Å². The number of likely N-dealkylation sites (N-methyl/N-ethyl adjacent to an activating group) is 1. The number of halogens is 1. The zero-order chi connectivity index (χ0) is 13.1. The van der Waals surface area contributed by atoms with E-state index >= 15 is 0 Å². The van der Waals surface area contributed by atoms with Crippen molar-refractivity contribution in [3.63, 3.8) is 0 Å². The molecule has 1 fully saturated rings. The van der Waals surface area contributed by atoms with Crippen molar-refractivity contribution in [3.05, 3.63) is 29.3 Å². The topological polar surface area (TPSA) is 35.6 Å². The lowest BCUT2D eigenvalue weighted by Gasteiger charge is -2.17. The lowest BCUT2D eigenvalue weighted by atomic mass is 10.2. The molecular weight excluding hydrogens is 250 g/mol. The van der Waals surface area contributed by atoms with E-state index in [-0.39, 0.29) is 12.1 Å². The van der Waals surface area contributed by atoms with Crippen molar-refractivity contribution in [2.75, 3.05) is 32.1 Å². The number of anilines is 1. The summed E-state index contributed by atoms with van der Waals surface area (Å²) in [6.45, 7) is 1.65. The fourth-order valence-corrected chi connectivity index (χ4v) is 2.32. The first-order valence-electron chi connectivity index (χ1n) is 6.08. The number of rotatable bonds is 4. The number of hydrogen-bond donors (Lipinski definition) is 1. The van der Waals surface area contributed by atoms with Gasteiger partial charge in [-0.05, 0) is 44.3 Å². The maximum absolute atomic E-state index is 12.2. The van der Waals surface area contributed by atoms with Crippen LogP contribution in [-0.2, 0) is 0 Å². The van der Waals surface area contributed by atoms with E-state index in [0.29, 0.717) is 5.02 Å². The van der Waals surface area contributed by atoms with Gasteiger partial charge in [-0.15, -0.1) is 0 Å². The Labute approximate surface area is 113 Å². The molecule has 1 unspecified atom stereocenters. The Kier molecular flexibility index (Phi) is 4.09. The molecule has 1 aromatic carbocycles. The maximum Gasteiger partial charge on any atom is 0.324 e. The average Bonchev–Trinajstić information content (AvgIpc) is 2.65. The summed E-state index contributed by atoms with van der Waals surface area (Å²) in [6.07, 6.45) is 0.961. The second-order valence-electron chi connectivity index (χ2n) is 4.53. The number of carbonyl (C=O) groups is 1. The van der Waals surface area contributed by atoms with Gasteiger partial charge < -0.3 is 10.2 Å². The Morgan fingerprint density at radius 1 is 1.39 bits per heavy atom. The normalized spacial score (nSPS) is 19.7. The van der Waals surface area contributed by atoms with Crippen LogP contribution in [-0.4, -0.2) is 44.2 Å². The van der Waals surface area contributed by atoms with Crippen molar-refractivity contribution in [2.24, 2.45) is 0 Å². The molecule has 2 amide bonds. The Bertz CT molecular complexity index is 421. The van der Waals surface area contributed by atoms with Crippen LogP contribution < -0.4 is 10.2 Å². The summed E-state index contributed by atoms with van der Waals surface area (Å²) < 4.78 is 0. The molecule has 4 nitrogen and oxygen atoms in total. The van der Waals surface area contributed by atoms with Crippen LogP contribution in [0.2, 0.25) is 5.02 Å². The van der Waals surface area contributed by atoms with Gasteiger partial charge in [0.05, 0.1) is 6.04 Å². The molecule has 98 valence electrons. The molecule has 0 spiro atoms. The summed E-state index contributed by atoms with van der Waals surface area (Å²) in [5.74, 6) is 0. The van der Waals surface area contributed by atoms with E-state index in [1.165, 1.54) is 0 Å². The van der Waals surface area contributed by atoms with E-state index in [9.17, 15) is 4.79 Å². The molecule has 1 aliphatic rings. The summed E-state index contributed by atoms with van der Waals surface area (Å²) in [5, 5.41) is 3.80. The predicted molar refractivity (Wildman–Crippen MR) is 74.3 cm³/mol. The second kappa shape index (κ2) is 5.59. The third-order valence-electron chi connectivity index (χ3n) is 3.34. The van der Waals surface area contributed by atoms with Gasteiger partial charge in [0, 0.05) is 24.3 Å². The summed E-state index contributed by atoms with van der Waals surface area (Å²) in [4.78, 5) is 15.8. The maximum atomic E-state index is 12.2. The molecule has 1 N–H and O–H groups in total. The van der Waals surface area contributed by atoms with Crippen LogP contribution in [0, 0.1) is 0 Å². The van der Waals surface area contributed by atoms with E-state index in [4.69, 9.17) is 11.6 Å². The van der Waals surface area contributed by atoms with Gasteiger partial charge in [0.1, 0.15) is 0 Å². The highest BCUT2D eigenvalue weighted by molar-refractivity contribution is 6.30. The SMILES string of the molecule is CNCCC1CN(c2ccc(Cl)cc2)C(=O)N1C. The van der Waals surface area contributed by atoms with Crippen LogP contribution in [0.25, 0.3) is 0 Å². The summed E-state index contributed by atoms with van der Waals surface area (Å²) in [7, 11) is 3.78. The van der Waals surface area contributed by atoms with Gasteiger partial charge in [-0.2, -0.15) is 0 Å². The number of benzene rings is 1. The molecular formula is C13H18ClN3O. The zero-order valence-corrected chi connectivity index (χ0v) is 11.4. The molecule has 1 heterocycles. The van der Waals surface area contributed by atoms with E-state index in [1.54, 1.807) is 4.90 Å². The van der Waals surface area contributed by atoms with Crippen molar-refractivity contribution < 1.29 is 4.79 Å². The first-order valence-corrected chi connectivity index (χ1v) is 6.45. The predicted octanol–water partition coefficient (Wildman–Crippen LogP) is 2.19. The van der Waals surface area contributed by atoms with Gasteiger partial charge in [-0.25, -0.2) is 4.79 Å². The zero-order valence-electron chi connectivity index (χ0n) is 10.7. The largest absolute Gasteiger partial charge is 0.324 e. The number of nitrogens with zero attached hydrogens (tertiary/aromatic N) is 2. The van der Waals surface area contributed by atoms with Crippen LogP contribution in [0.15, 0.2) is 24.3 Å². The molecule has 0 aromatic heterocycles. The van der Waals surface area contributed by atoms with E-state index in [0.717, 1.165) is 25.2 Å². The summed E-state index contributed by atoms with van der Waals surface area (Å²) in [5.41, 5.74) is 0.906. The van der Waals surface area contributed by atoms with E-state index < -0.39 is 0 Å². The first-order chi connectivity index (χ1) is 8.63. The number of nitrogens with one attached hydrogen (secondary N) is 1. The highest BCUT2D eigenvalue weighted by Crippen LogP contribution is 2.25. The van der Waals surface area contributed by atoms with Crippen LogP contribution in [0.4, 0.5) is 10.5 Å². The minimum Gasteiger partial charge on any atom is -0.323 e. The Morgan fingerprint density at radius 3 is 2.67 bits per heavy atom. The minimum atomic E-state index is 0.0541. The van der Waals surface area contributed by atoms with Gasteiger partial charge in [-0.3, -0.25) is 4.90 Å². The third-order valence-corrected chi connectivity index (χ3v) is 3.59.